The largest absolute Gasteiger partial charge is 2.00 e. The van der Waals surface area contributed by atoms with Gasteiger partial charge in [0.25, 0.3) is 0 Å². The molecule has 73 heavy (non-hydrogen) atoms. The van der Waals surface area contributed by atoms with Crippen molar-refractivity contribution in [1.29, 1.82) is 0 Å². The molecule has 0 aromatic heterocycles. The van der Waals surface area contributed by atoms with Crippen molar-refractivity contribution in [3.8, 4) is 0 Å². The summed E-state index contributed by atoms with van der Waals surface area (Å²) < 4.78 is 76.4. The molecule has 13 heteroatoms. The number of hydrogen-bond acceptors (Lipinski definition) is 10. The number of benzene rings is 4. The van der Waals surface area contributed by atoms with Crippen LogP contribution in [-0.2, 0) is 33.3 Å². The quantitative estimate of drug-likeness (QED) is 0.0256. The third-order valence-corrected chi connectivity index (χ3v) is 17.6. The number of anilines is 4. The Hall–Kier alpha value is -2.84. The van der Waals surface area contributed by atoms with Crippen LogP contribution >= 0.6 is 0 Å². The molecule has 0 saturated heterocycles. The molecule has 2 atom stereocenters. The van der Waals surface area contributed by atoms with E-state index in [4.69, 9.17) is 0 Å². The van der Waals surface area contributed by atoms with Crippen LogP contribution < -0.4 is 20.4 Å². The summed E-state index contributed by atoms with van der Waals surface area (Å²) in [5, 5.41) is 6.26. The first-order valence-corrected chi connectivity index (χ1v) is 31.1. The molecular formula is C60H90CaN4O6S2. The molecule has 400 valence electrons. The van der Waals surface area contributed by atoms with Gasteiger partial charge in [0.15, 0.2) is 0 Å². The van der Waals surface area contributed by atoms with E-state index >= 15 is 0 Å². The molecule has 0 bridgehead atoms. The van der Waals surface area contributed by atoms with Crippen LogP contribution in [-0.4, -0.2) is 73.7 Å². The molecule has 2 heterocycles. The van der Waals surface area contributed by atoms with Gasteiger partial charge in [0, 0.05) is 25.9 Å². The second-order valence-corrected chi connectivity index (χ2v) is 23.8. The first-order valence-electron chi connectivity index (χ1n) is 28.2. The average Bonchev–Trinajstić information content (AvgIpc) is 3.88. The van der Waals surface area contributed by atoms with Crippen molar-refractivity contribution in [1.82, 2.24) is 0 Å². The predicted octanol–water partition coefficient (Wildman–Crippen LogP) is 16.0. The molecular weight excluding hydrogens is 977 g/mol. The molecule has 0 amide bonds. The fourth-order valence-corrected chi connectivity index (χ4v) is 12.8. The van der Waals surface area contributed by atoms with Crippen LogP contribution in [0.15, 0.2) is 109 Å². The van der Waals surface area contributed by atoms with Gasteiger partial charge in [-0.2, -0.15) is 0 Å². The Labute approximate surface area is 473 Å². The summed E-state index contributed by atoms with van der Waals surface area (Å²) >= 11 is 0. The third kappa shape index (κ3) is 19.9. The Bertz CT molecular complexity index is 2160. The molecule has 6 rings (SSSR count). The number of nitrogens with one attached hydrogen (secondary N) is 2. The van der Waals surface area contributed by atoms with E-state index in [0.717, 1.165) is 48.2 Å². The molecule has 2 aliphatic heterocycles. The summed E-state index contributed by atoms with van der Waals surface area (Å²) in [5.74, 6) is 0. The number of hydrogen-bond donors (Lipinski definition) is 2. The number of rotatable bonds is 36. The first-order chi connectivity index (χ1) is 35.0. The van der Waals surface area contributed by atoms with Gasteiger partial charge in [-0.25, -0.2) is 16.8 Å². The maximum atomic E-state index is 12.7. The maximum Gasteiger partial charge on any atom is 2.00 e. The summed E-state index contributed by atoms with van der Waals surface area (Å²) in [5.41, 5.74) is 4.91. The second kappa shape index (κ2) is 34.0. The van der Waals surface area contributed by atoms with E-state index in [1.54, 1.807) is 9.80 Å². The van der Waals surface area contributed by atoms with Crippen LogP contribution in [0.5, 0.6) is 0 Å². The van der Waals surface area contributed by atoms with Crippen LogP contribution in [0.25, 0.3) is 0 Å². The van der Waals surface area contributed by atoms with Crippen LogP contribution in [0, 0.1) is 0 Å². The zero-order valence-corrected chi connectivity index (χ0v) is 48.7. The fourth-order valence-electron chi connectivity index (χ4n) is 10.7. The normalized spacial score (nSPS) is 17.0. The van der Waals surface area contributed by atoms with Gasteiger partial charge in [-0.1, -0.05) is 266 Å². The summed E-state index contributed by atoms with van der Waals surface area (Å²) in [6, 6.07) is 34.5. The molecule has 0 saturated carbocycles. The van der Waals surface area contributed by atoms with Gasteiger partial charge in [0.2, 0.25) is 9.99 Å². The first kappa shape index (κ1) is 62.7. The molecule has 0 radical (unpaired) electrons. The fraction of sp³-hybridized carbons (Fsp3) is 0.600. The van der Waals surface area contributed by atoms with Crippen molar-refractivity contribution in [2.45, 2.75) is 230 Å². The van der Waals surface area contributed by atoms with Crippen molar-refractivity contribution in [3.05, 3.63) is 120 Å². The molecule has 2 N–H and O–H groups in total. The van der Waals surface area contributed by atoms with E-state index in [1.807, 2.05) is 109 Å². The van der Waals surface area contributed by atoms with Crippen molar-refractivity contribution in [2.24, 2.45) is 0 Å². The Kier molecular flexibility index (Phi) is 29.2. The van der Waals surface area contributed by atoms with E-state index in [0.29, 0.717) is 37.3 Å². The van der Waals surface area contributed by atoms with Crippen LogP contribution in [0.2, 0.25) is 0 Å². The van der Waals surface area contributed by atoms with Gasteiger partial charge in [-0.15, -0.1) is 0 Å². The van der Waals surface area contributed by atoms with Gasteiger partial charge in [-0.3, -0.25) is 0 Å². The Morgan fingerprint density at radius 1 is 0.370 bits per heavy atom. The zero-order chi connectivity index (χ0) is 51.4. The van der Waals surface area contributed by atoms with Crippen LogP contribution in [0.4, 0.5) is 22.7 Å². The van der Waals surface area contributed by atoms with E-state index in [9.17, 15) is 25.9 Å². The molecule has 2 unspecified atom stereocenters. The Morgan fingerprint density at radius 2 is 0.616 bits per heavy atom. The van der Waals surface area contributed by atoms with Gasteiger partial charge in [0.05, 0.1) is 22.7 Å². The van der Waals surface area contributed by atoms with Gasteiger partial charge < -0.3 is 29.5 Å². The van der Waals surface area contributed by atoms with E-state index in [-0.39, 0.29) is 50.6 Å². The molecule has 0 fully saturated rings. The van der Waals surface area contributed by atoms with E-state index in [2.05, 4.69) is 24.5 Å². The second-order valence-electron chi connectivity index (χ2n) is 20.6. The number of para-hydroxylation sites is 4. The number of unbranched alkanes of at least 4 members (excludes halogenated alkanes) is 26. The monoisotopic (exact) mass is 1070 g/mol. The molecule has 10 nitrogen and oxygen atoms in total. The van der Waals surface area contributed by atoms with Gasteiger partial charge in [0.1, 0.15) is 20.2 Å². The molecule has 2 aliphatic rings. The molecule has 0 spiro atoms. The minimum atomic E-state index is -4.65. The van der Waals surface area contributed by atoms with Crippen LogP contribution in [0.1, 0.15) is 218 Å². The smallest absolute Gasteiger partial charge is 0.745 e. The average molecular weight is 1070 g/mol. The van der Waals surface area contributed by atoms with Crippen molar-refractivity contribution in [2.75, 3.05) is 20.4 Å². The van der Waals surface area contributed by atoms with E-state index in [1.165, 1.54) is 141 Å². The summed E-state index contributed by atoms with van der Waals surface area (Å²) in [6.45, 7) is 5.25. The summed E-state index contributed by atoms with van der Waals surface area (Å²) in [6.07, 6.45) is 35.1. The topological polar surface area (TPSA) is 145 Å². The van der Waals surface area contributed by atoms with Crippen LogP contribution in [0.3, 0.4) is 0 Å². The number of nitrogens with zero attached hydrogens (tertiary/aromatic N) is 2. The summed E-state index contributed by atoms with van der Waals surface area (Å²) in [4.78, 5) is 0.234. The maximum absolute atomic E-state index is 12.7. The minimum Gasteiger partial charge on any atom is -0.745 e. The SMILES string of the molecule is CCCCCCCCCCCCCCCCC1(S(=O)(=O)[O-])Nc2ccccc2N1Cc1ccccc1.CCCCCCCCCCCCCCCCC1(S(=O)(=O)[O-])Nc2ccccc2N1Cc1ccccc1.[Ca+2]. The van der Waals surface area contributed by atoms with Crippen molar-refractivity contribution in [3.63, 3.8) is 0 Å². The van der Waals surface area contributed by atoms with E-state index < -0.39 is 30.2 Å². The Balaban J connectivity index is 0.000000312. The van der Waals surface area contributed by atoms with Gasteiger partial charge >= 0.3 is 37.7 Å². The summed E-state index contributed by atoms with van der Waals surface area (Å²) in [7, 11) is -9.31. The standard InChI is InChI=1S/2C30H46N2O3S.Ca/c2*1-2-3-4-5-6-7-8-9-10-11-12-13-14-20-25-30(36(33,34)35)31-28-23-18-19-24-29(28)32(30)26-27-21-16-15-17-22-27;/h2*15-19,21-24,31H,2-14,20,25-26H2,1H3,(H,33,34,35);/q;;+2/p-2. The zero-order valence-electron chi connectivity index (χ0n) is 44.9. The molecule has 0 aliphatic carbocycles. The third-order valence-electron chi connectivity index (χ3n) is 14.9. The van der Waals surface area contributed by atoms with Crippen molar-refractivity contribution < 1.29 is 25.9 Å². The number of fused-ring (bicyclic) bond motifs is 2. The van der Waals surface area contributed by atoms with Crippen molar-refractivity contribution >= 4 is 80.7 Å². The minimum absolute atomic E-state index is 0. The van der Waals surface area contributed by atoms with Gasteiger partial charge in [-0.05, 0) is 48.2 Å². The predicted molar refractivity (Wildman–Crippen MR) is 306 cm³/mol. The Morgan fingerprint density at radius 3 is 0.890 bits per heavy atom. The molecule has 4 aromatic carbocycles. The molecule has 4 aromatic rings.